The van der Waals surface area contributed by atoms with Gasteiger partial charge in [-0.1, -0.05) is 30.7 Å². The Morgan fingerprint density at radius 1 is 1.19 bits per heavy atom. The molecule has 0 spiro atoms. The lowest BCUT2D eigenvalue weighted by molar-refractivity contribution is -0.118. The zero-order valence-corrected chi connectivity index (χ0v) is 17.1. The van der Waals surface area contributed by atoms with E-state index in [4.69, 9.17) is 0 Å². The molecule has 1 heterocycles. The molecule has 1 aliphatic heterocycles. The summed E-state index contributed by atoms with van der Waals surface area (Å²) in [5.41, 5.74) is 4.85. The SMILES string of the molecule is CCC(=O)N1CCc2cc(S(=O)(=O)N[C@@H](C)c3cc(C)ccc3C)ccc21. The monoisotopic (exact) mass is 386 g/mol. The molecule has 144 valence electrons. The summed E-state index contributed by atoms with van der Waals surface area (Å²) in [6, 6.07) is 10.7. The molecule has 5 nitrogen and oxygen atoms in total. The smallest absolute Gasteiger partial charge is 0.241 e. The van der Waals surface area contributed by atoms with Crippen LogP contribution in [-0.2, 0) is 21.2 Å². The first-order valence-electron chi connectivity index (χ1n) is 9.25. The minimum Gasteiger partial charge on any atom is -0.312 e. The summed E-state index contributed by atoms with van der Waals surface area (Å²) in [7, 11) is -3.66. The molecular weight excluding hydrogens is 360 g/mol. The Balaban J connectivity index is 1.86. The van der Waals surface area contributed by atoms with Gasteiger partial charge in [-0.15, -0.1) is 0 Å². The van der Waals surface area contributed by atoms with Crippen LogP contribution in [0.5, 0.6) is 0 Å². The largest absolute Gasteiger partial charge is 0.312 e. The van der Waals surface area contributed by atoms with E-state index in [0.717, 1.165) is 27.9 Å². The van der Waals surface area contributed by atoms with Crippen molar-refractivity contribution in [2.75, 3.05) is 11.4 Å². The van der Waals surface area contributed by atoms with Gasteiger partial charge in [-0.3, -0.25) is 4.79 Å². The van der Waals surface area contributed by atoms with Crippen molar-refractivity contribution in [1.82, 2.24) is 4.72 Å². The predicted octanol–water partition coefficient (Wildman–Crippen LogP) is 3.64. The predicted molar refractivity (Wildman–Crippen MR) is 107 cm³/mol. The summed E-state index contributed by atoms with van der Waals surface area (Å²) >= 11 is 0. The van der Waals surface area contributed by atoms with Gasteiger partial charge in [-0.05, 0) is 62.1 Å². The van der Waals surface area contributed by atoms with Crippen molar-refractivity contribution >= 4 is 21.6 Å². The minimum absolute atomic E-state index is 0.0611. The third-order valence-corrected chi connectivity index (χ3v) is 6.63. The summed E-state index contributed by atoms with van der Waals surface area (Å²) in [4.78, 5) is 14.0. The quantitative estimate of drug-likeness (QED) is 0.853. The van der Waals surface area contributed by atoms with Crippen LogP contribution in [0, 0.1) is 13.8 Å². The number of sulfonamides is 1. The summed E-state index contributed by atoms with van der Waals surface area (Å²) in [6.45, 7) is 8.27. The third-order valence-electron chi connectivity index (χ3n) is 5.09. The minimum atomic E-state index is -3.66. The van der Waals surface area contributed by atoms with Gasteiger partial charge in [0.25, 0.3) is 0 Å². The van der Waals surface area contributed by atoms with Gasteiger partial charge in [0.2, 0.25) is 15.9 Å². The first-order chi connectivity index (χ1) is 12.7. The van der Waals surface area contributed by atoms with E-state index in [-0.39, 0.29) is 16.8 Å². The summed E-state index contributed by atoms with van der Waals surface area (Å²) in [5.74, 6) is 0.0611. The normalized spacial score (nSPS) is 14.9. The molecule has 1 aliphatic rings. The fraction of sp³-hybridized carbons (Fsp3) is 0.381. The molecule has 3 rings (SSSR count). The maximum atomic E-state index is 12.9. The van der Waals surface area contributed by atoms with Crippen LogP contribution in [0.3, 0.4) is 0 Å². The lowest BCUT2D eigenvalue weighted by Crippen LogP contribution is -2.28. The standard InChI is InChI=1S/C21H26N2O3S/c1-5-21(24)23-11-10-17-13-18(8-9-20(17)23)27(25,26)22-16(4)19-12-14(2)6-7-15(19)3/h6-9,12-13,16,22H,5,10-11H2,1-4H3/t16-/m0/s1. The average molecular weight is 387 g/mol. The molecule has 6 heteroatoms. The number of benzene rings is 2. The molecule has 0 aromatic heterocycles. The van der Waals surface area contributed by atoms with E-state index in [1.165, 1.54) is 0 Å². The molecule has 2 aromatic rings. The molecule has 0 saturated carbocycles. The van der Waals surface area contributed by atoms with Gasteiger partial charge >= 0.3 is 0 Å². The van der Waals surface area contributed by atoms with Crippen molar-refractivity contribution in [3.63, 3.8) is 0 Å². The number of hydrogen-bond acceptors (Lipinski definition) is 3. The van der Waals surface area contributed by atoms with Crippen LogP contribution in [0.1, 0.15) is 48.6 Å². The van der Waals surface area contributed by atoms with E-state index >= 15 is 0 Å². The van der Waals surface area contributed by atoms with Gasteiger partial charge in [-0.2, -0.15) is 0 Å². The van der Waals surface area contributed by atoms with E-state index in [0.29, 0.717) is 19.4 Å². The Kier molecular flexibility index (Phi) is 5.40. The molecule has 0 bridgehead atoms. The van der Waals surface area contributed by atoms with Crippen LogP contribution in [-0.4, -0.2) is 20.9 Å². The van der Waals surface area contributed by atoms with Crippen LogP contribution in [0.25, 0.3) is 0 Å². The molecule has 0 fully saturated rings. The molecule has 0 aliphatic carbocycles. The maximum Gasteiger partial charge on any atom is 0.241 e. The van der Waals surface area contributed by atoms with Crippen molar-refractivity contribution in [3.05, 3.63) is 58.7 Å². The number of nitrogens with one attached hydrogen (secondary N) is 1. The van der Waals surface area contributed by atoms with Crippen LogP contribution in [0.2, 0.25) is 0 Å². The number of rotatable bonds is 5. The van der Waals surface area contributed by atoms with Gasteiger partial charge < -0.3 is 4.90 Å². The number of amides is 1. The molecule has 2 aromatic carbocycles. The van der Waals surface area contributed by atoms with Crippen molar-refractivity contribution in [3.8, 4) is 0 Å². The Morgan fingerprint density at radius 2 is 1.93 bits per heavy atom. The summed E-state index contributed by atoms with van der Waals surface area (Å²) in [6.07, 6.45) is 1.12. The zero-order valence-electron chi connectivity index (χ0n) is 16.2. The van der Waals surface area contributed by atoms with Crippen LogP contribution in [0.4, 0.5) is 5.69 Å². The van der Waals surface area contributed by atoms with Crippen molar-refractivity contribution in [1.29, 1.82) is 0 Å². The second kappa shape index (κ2) is 7.44. The number of hydrogen-bond donors (Lipinski definition) is 1. The molecule has 0 unspecified atom stereocenters. The first kappa shape index (κ1) is 19.6. The van der Waals surface area contributed by atoms with Crippen LogP contribution < -0.4 is 9.62 Å². The summed E-state index contributed by atoms with van der Waals surface area (Å²) in [5, 5.41) is 0. The third kappa shape index (κ3) is 3.92. The molecule has 0 radical (unpaired) electrons. The molecule has 0 saturated heterocycles. The fourth-order valence-corrected chi connectivity index (χ4v) is 4.86. The number of anilines is 1. The van der Waals surface area contributed by atoms with Gasteiger partial charge in [-0.25, -0.2) is 13.1 Å². The number of aryl methyl sites for hydroxylation is 2. The second-order valence-electron chi connectivity index (χ2n) is 7.14. The number of fused-ring (bicyclic) bond motifs is 1. The molecule has 1 atom stereocenters. The fourth-order valence-electron chi connectivity index (χ4n) is 3.59. The highest BCUT2D eigenvalue weighted by Crippen LogP contribution is 2.31. The van der Waals surface area contributed by atoms with Crippen LogP contribution >= 0.6 is 0 Å². The molecule has 1 amide bonds. The Labute approximate surface area is 161 Å². The van der Waals surface area contributed by atoms with Gasteiger partial charge in [0.1, 0.15) is 0 Å². The van der Waals surface area contributed by atoms with E-state index in [2.05, 4.69) is 4.72 Å². The topological polar surface area (TPSA) is 66.5 Å². The molecular formula is C21H26N2O3S. The van der Waals surface area contributed by atoms with E-state index in [1.54, 1.807) is 23.1 Å². The first-order valence-corrected chi connectivity index (χ1v) is 10.7. The number of carbonyl (C=O) groups excluding carboxylic acids is 1. The van der Waals surface area contributed by atoms with E-state index < -0.39 is 10.0 Å². The lowest BCUT2D eigenvalue weighted by Gasteiger charge is -2.19. The number of carbonyl (C=O) groups is 1. The highest BCUT2D eigenvalue weighted by Gasteiger charge is 2.26. The maximum absolute atomic E-state index is 12.9. The highest BCUT2D eigenvalue weighted by atomic mass is 32.2. The lowest BCUT2D eigenvalue weighted by atomic mass is 10.0. The van der Waals surface area contributed by atoms with E-state index in [1.807, 2.05) is 45.9 Å². The van der Waals surface area contributed by atoms with Gasteiger partial charge in [0.05, 0.1) is 4.90 Å². The van der Waals surface area contributed by atoms with Gasteiger partial charge in [0, 0.05) is 24.7 Å². The zero-order chi connectivity index (χ0) is 19.8. The van der Waals surface area contributed by atoms with Crippen molar-refractivity contribution < 1.29 is 13.2 Å². The average Bonchev–Trinajstić information content (AvgIpc) is 3.05. The second-order valence-corrected chi connectivity index (χ2v) is 8.86. The Morgan fingerprint density at radius 3 is 2.63 bits per heavy atom. The number of nitrogens with zero attached hydrogens (tertiary/aromatic N) is 1. The molecule has 27 heavy (non-hydrogen) atoms. The highest BCUT2D eigenvalue weighted by molar-refractivity contribution is 7.89. The Hall–Kier alpha value is -2.18. The molecule has 1 N–H and O–H groups in total. The summed E-state index contributed by atoms with van der Waals surface area (Å²) < 4.78 is 28.6. The van der Waals surface area contributed by atoms with Crippen molar-refractivity contribution in [2.24, 2.45) is 0 Å². The van der Waals surface area contributed by atoms with E-state index in [9.17, 15) is 13.2 Å². The van der Waals surface area contributed by atoms with Crippen molar-refractivity contribution in [2.45, 2.75) is 51.5 Å². The van der Waals surface area contributed by atoms with Crippen LogP contribution in [0.15, 0.2) is 41.3 Å². The van der Waals surface area contributed by atoms with Gasteiger partial charge in [0.15, 0.2) is 0 Å². The Bertz CT molecular complexity index is 983.